The molecule has 0 aliphatic heterocycles. The molecule has 0 aromatic carbocycles. The van der Waals surface area contributed by atoms with Crippen LogP contribution in [0.5, 0.6) is 0 Å². The standard InChI is InChI=1S/C12H26N2O4S/c1-4-6-8-11(12(15)16)13-9-7-10-14(5-2)19(3,17)18/h11,13H,4-10H2,1-3H3,(H,15,16). The minimum absolute atomic E-state index is 0.419. The van der Waals surface area contributed by atoms with Crippen molar-refractivity contribution in [1.82, 2.24) is 9.62 Å². The maximum Gasteiger partial charge on any atom is 0.320 e. The molecule has 0 spiro atoms. The third-order valence-corrected chi connectivity index (χ3v) is 4.32. The van der Waals surface area contributed by atoms with E-state index in [0.29, 0.717) is 32.5 Å². The summed E-state index contributed by atoms with van der Waals surface area (Å²) in [4.78, 5) is 11.0. The van der Waals surface area contributed by atoms with E-state index in [4.69, 9.17) is 5.11 Å². The fourth-order valence-corrected chi connectivity index (χ4v) is 2.74. The lowest BCUT2D eigenvalue weighted by molar-refractivity contribution is -0.139. The number of hydrogen-bond acceptors (Lipinski definition) is 4. The molecular weight excluding hydrogens is 268 g/mol. The highest BCUT2D eigenvalue weighted by Gasteiger charge is 2.17. The van der Waals surface area contributed by atoms with E-state index in [9.17, 15) is 13.2 Å². The van der Waals surface area contributed by atoms with Crippen LogP contribution in [0.4, 0.5) is 0 Å². The number of carboxylic acids is 1. The Balaban J connectivity index is 4.03. The summed E-state index contributed by atoms with van der Waals surface area (Å²) >= 11 is 0. The number of rotatable bonds is 11. The van der Waals surface area contributed by atoms with Gasteiger partial charge in [0.05, 0.1) is 6.26 Å². The second-order valence-corrected chi connectivity index (χ2v) is 6.58. The zero-order valence-corrected chi connectivity index (χ0v) is 12.9. The van der Waals surface area contributed by atoms with Crippen molar-refractivity contribution in [2.24, 2.45) is 0 Å². The summed E-state index contributed by atoms with van der Waals surface area (Å²) in [6.45, 7) is 5.17. The molecule has 0 saturated heterocycles. The smallest absolute Gasteiger partial charge is 0.320 e. The molecular formula is C12H26N2O4S. The zero-order valence-electron chi connectivity index (χ0n) is 12.1. The van der Waals surface area contributed by atoms with Crippen LogP contribution in [0, 0.1) is 0 Å². The predicted molar refractivity (Wildman–Crippen MR) is 75.7 cm³/mol. The zero-order chi connectivity index (χ0) is 14.9. The van der Waals surface area contributed by atoms with Gasteiger partial charge in [0.25, 0.3) is 0 Å². The molecule has 0 radical (unpaired) electrons. The Morgan fingerprint density at radius 3 is 2.37 bits per heavy atom. The fourth-order valence-electron chi connectivity index (χ4n) is 1.81. The summed E-state index contributed by atoms with van der Waals surface area (Å²) in [5.74, 6) is -0.844. The second-order valence-electron chi connectivity index (χ2n) is 4.60. The minimum atomic E-state index is -3.16. The molecule has 0 heterocycles. The Bertz CT molecular complexity index is 357. The van der Waals surface area contributed by atoms with Gasteiger partial charge < -0.3 is 10.4 Å². The van der Waals surface area contributed by atoms with Gasteiger partial charge in [0.1, 0.15) is 6.04 Å². The summed E-state index contributed by atoms with van der Waals surface area (Å²) in [5, 5.41) is 12.0. The van der Waals surface area contributed by atoms with Crippen LogP contribution in [0.25, 0.3) is 0 Å². The van der Waals surface area contributed by atoms with Crippen molar-refractivity contribution < 1.29 is 18.3 Å². The molecule has 0 aromatic heterocycles. The van der Waals surface area contributed by atoms with Crippen molar-refractivity contribution in [1.29, 1.82) is 0 Å². The average molecular weight is 294 g/mol. The van der Waals surface area contributed by atoms with Gasteiger partial charge in [-0.05, 0) is 19.4 Å². The second kappa shape index (κ2) is 9.28. The Hall–Kier alpha value is -0.660. The Morgan fingerprint density at radius 1 is 1.32 bits per heavy atom. The third kappa shape index (κ3) is 8.18. The van der Waals surface area contributed by atoms with Crippen LogP contribution in [-0.4, -0.2) is 55.7 Å². The first kappa shape index (κ1) is 18.3. The predicted octanol–water partition coefficient (Wildman–Crippen LogP) is 0.891. The summed E-state index contributed by atoms with van der Waals surface area (Å²) in [7, 11) is -3.16. The molecule has 0 aliphatic carbocycles. The van der Waals surface area contributed by atoms with E-state index in [-0.39, 0.29) is 0 Å². The minimum Gasteiger partial charge on any atom is -0.480 e. The van der Waals surface area contributed by atoms with Crippen molar-refractivity contribution in [3.8, 4) is 0 Å². The number of aliphatic carboxylic acids is 1. The van der Waals surface area contributed by atoms with Gasteiger partial charge >= 0.3 is 5.97 Å². The number of carboxylic acid groups (broad SMARTS) is 1. The fraction of sp³-hybridized carbons (Fsp3) is 0.917. The van der Waals surface area contributed by atoms with Gasteiger partial charge in [-0.15, -0.1) is 0 Å². The van der Waals surface area contributed by atoms with Crippen molar-refractivity contribution in [2.75, 3.05) is 25.9 Å². The number of nitrogens with one attached hydrogen (secondary N) is 1. The summed E-state index contributed by atoms with van der Waals surface area (Å²) < 4.78 is 24.1. The molecule has 0 fully saturated rings. The van der Waals surface area contributed by atoms with Gasteiger partial charge in [0.2, 0.25) is 10.0 Å². The highest BCUT2D eigenvalue weighted by Crippen LogP contribution is 2.02. The number of sulfonamides is 1. The normalized spacial score (nSPS) is 13.7. The maximum atomic E-state index is 11.4. The van der Waals surface area contributed by atoms with Crippen LogP contribution in [0.1, 0.15) is 39.5 Å². The number of hydrogen-bond donors (Lipinski definition) is 2. The van der Waals surface area contributed by atoms with Gasteiger partial charge in [0, 0.05) is 13.1 Å². The third-order valence-electron chi connectivity index (χ3n) is 2.94. The molecule has 114 valence electrons. The van der Waals surface area contributed by atoms with Gasteiger partial charge in [-0.1, -0.05) is 26.7 Å². The van der Waals surface area contributed by atoms with E-state index in [1.54, 1.807) is 6.92 Å². The number of carbonyl (C=O) groups is 1. The van der Waals surface area contributed by atoms with Crippen LogP contribution >= 0.6 is 0 Å². The molecule has 0 rings (SSSR count). The van der Waals surface area contributed by atoms with Gasteiger partial charge in [-0.2, -0.15) is 0 Å². The summed E-state index contributed by atoms with van der Waals surface area (Å²) in [5.41, 5.74) is 0. The highest BCUT2D eigenvalue weighted by molar-refractivity contribution is 7.88. The summed E-state index contributed by atoms with van der Waals surface area (Å²) in [6, 6.07) is -0.534. The van der Waals surface area contributed by atoms with Gasteiger partial charge in [0.15, 0.2) is 0 Å². The van der Waals surface area contributed by atoms with Gasteiger partial charge in [-0.3, -0.25) is 4.79 Å². The molecule has 0 amide bonds. The number of unbranched alkanes of at least 4 members (excludes halogenated alkanes) is 1. The molecule has 2 N–H and O–H groups in total. The van der Waals surface area contributed by atoms with Crippen molar-refractivity contribution in [3.05, 3.63) is 0 Å². The quantitative estimate of drug-likeness (QED) is 0.553. The van der Waals surface area contributed by atoms with Crippen molar-refractivity contribution >= 4 is 16.0 Å². The molecule has 0 bridgehead atoms. The topological polar surface area (TPSA) is 86.7 Å². The first-order valence-corrected chi connectivity index (χ1v) is 8.59. The Morgan fingerprint density at radius 2 is 1.95 bits per heavy atom. The van der Waals surface area contributed by atoms with Crippen LogP contribution in [0.3, 0.4) is 0 Å². The van der Waals surface area contributed by atoms with Crippen molar-refractivity contribution in [2.45, 2.75) is 45.6 Å². The largest absolute Gasteiger partial charge is 0.480 e. The van der Waals surface area contributed by atoms with Gasteiger partial charge in [-0.25, -0.2) is 12.7 Å². The first-order chi connectivity index (χ1) is 8.82. The van der Waals surface area contributed by atoms with E-state index >= 15 is 0 Å². The molecule has 1 atom stereocenters. The van der Waals surface area contributed by atoms with Crippen LogP contribution < -0.4 is 5.32 Å². The van der Waals surface area contributed by atoms with E-state index in [1.165, 1.54) is 10.6 Å². The van der Waals surface area contributed by atoms with Crippen LogP contribution in [0.2, 0.25) is 0 Å². The number of nitrogens with zero attached hydrogens (tertiary/aromatic N) is 1. The lowest BCUT2D eigenvalue weighted by Crippen LogP contribution is -2.39. The maximum absolute atomic E-state index is 11.4. The molecule has 6 nitrogen and oxygen atoms in total. The molecule has 7 heteroatoms. The SMILES string of the molecule is CCCCC(NCCCN(CC)S(C)(=O)=O)C(=O)O. The van der Waals surface area contributed by atoms with E-state index in [0.717, 1.165) is 12.8 Å². The molecule has 0 saturated carbocycles. The van der Waals surface area contributed by atoms with E-state index in [1.807, 2.05) is 6.92 Å². The molecule has 0 aliphatic rings. The highest BCUT2D eigenvalue weighted by atomic mass is 32.2. The lowest BCUT2D eigenvalue weighted by atomic mass is 10.1. The van der Waals surface area contributed by atoms with Crippen LogP contribution in [0.15, 0.2) is 0 Å². The lowest BCUT2D eigenvalue weighted by Gasteiger charge is -2.19. The Kier molecular flexibility index (Phi) is 8.95. The van der Waals surface area contributed by atoms with E-state index < -0.39 is 22.0 Å². The molecule has 1 unspecified atom stereocenters. The average Bonchev–Trinajstić information content (AvgIpc) is 2.30. The first-order valence-electron chi connectivity index (χ1n) is 6.74. The summed E-state index contributed by atoms with van der Waals surface area (Å²) in [6.07, 6.45) is 4.23. The van der Waals surface area contributed by atoms with Crippen LogP contribution in [-0.2, 0) is 14.8 Å². The van der Waals surface area contributed by atoms with Crippen molar-refractivity contribution in [3.63, 3.8) is 0 Å². The molecule has 19 heavy (non-hydrogen) atoms. The van der Waals surface area contributed by atoms with E-state index in [2.05, 4.69) is 5.32 Å². The Labute approximate surface area is 116 Å². The monoisotopic (exact) mass is 294 g/mol. The molecule has 0 aromatic rings.